The van der Waals surface area contributed by atoms with Gasteiger partial charge in [-0.25, -0.2) is 8.42 Å². The fourth-order valence-corrected chi connectivity index (χ4v) is 5.68. The molecule has 0 saturated heterocycles. The Bertz CT molecular complexity index is 897. The molecule has 154 valence electrons. The number of anilines is 2. The second-order valence-corrected chi connectivity index (χ2v) is 10.9. The number of amides is 1. The second kappa shape index (κ2) is 9.57. The minimum atomic E-state index is -3.70. The number of ether oxygens (including phenoxy) is 1. The van der Waals surface area contributed by atoms with Crippen molar-refractivity contribution in [1.82, 2.24) is 10.2 Å². The Morgan fingerprint density at radius 3 is 2.43 bits per heavy atom. The van der Waals surface area contributed by atoms with E-state index in [0.717, 1.165) is 14.9 Å². The highest BCUT2D eigenvalue weighted by atomic mass is 32.2. The van der Waals surface area contributed by atoms with Gasteiger partial charge < -0.3 is 4.74 Å². The molecular weight excluding hydrogens is 420 g/mol. The van der Waals surface area contributed by atoms with Crippen LogP contribution in [0.2, 0.25) is 0 Å². The third-order valence-corrected chi connectivity index (χ3v) is 6.74. The molecule has 1 heterocycles. The van der Waals surface area contributed by atoms with Crippen molar-refractivity contribution < 1.29 is 17.9 Å². The lowest BCUT2D eigenvalue weighted by Crippen LogP contribution is -2.46. The van der Waals surface area contributed by atoms with Crippen LogP contribution in [0.25, 0.3) is 0 Å². The Kier molecular flexibility index (Phi) is 7.67. The Balaban J connectivity index is 2.27. The molecule has 0 fully saturated rings. The van der Waals surface area contributed by atoms with Crippen LogP contribution in [-0.2, 0) is 14.8 Å². The van der Waals surface area contributed by atoms with Crippen molar-refractivity contribution in [3.8, 4) is 5.75 Å². The van der Waals surface area contributed by atoms with Crippen molar-refractivity contribution in [3.05, 3.63) is 24.3 Å². The van der Waals surface area contributed by atoms with E-state index in [1.54, 1.807) is 43.0 Å². The van der Waals surface area contributed by atoms with Gasteiger partial charge in [-0.2, -0.15) is 0 Å². The van der Waals surface area contributed by atoms with Gasteiger partial charge >= 0.3 is 0 Å². The fraction of sp³-hybridized carbons (Fsp3) is 0.471. The molecule has 0 radical (unpaired) electrons. The average molecular weight is 445 g/mol. The lowest BCUT2D eigenvalue weighted by molar-refractivity contribution is -0.117. The normalized spacial score (nSPS) is 12.6. The maximum absolute atomic E-state index is 12.8. The molecule has 0 aliphatic rings. The molecule has 1 unspecified atom stereocenters. The van der Waals surface area contributed by atoms with Gasteiger partial charge in [-0.05, 0) is 30.7 Å². The first-order valence-corrected chi connectivity index (χ1v) is 12.1. The van der Waals surface area contributed by atoms with Crippen LogP contribution in [0.3, 0.4) is 0 Å². The van der Waals surface area contributed by atoms with Gasteiger partial charge in [-0.1, -0.05) is 43.9 Å². The number of sulfonamides is 1. The van der Waals surface area contributed by atoms with Crippen LogP contribution in [0.5, 0.6) is 5.75 Å². The molecule has 11 heteroatoms. The molecular formula is C17H24N4O4S3. The van der Waals surface area contributed by atoms with Crippen LogP contribution in [0, 0.1) is 0 Å². The summed E-state index contributed by atoms with van der Waals surface area (Å²) in [4.78, 5) is 12.8. The average Bonchev–Trinajstić information content (AvgIpc) is 3.04. The molecule has 0 bridgehead atoms. The summed E-state index contributed by atoms with van der Waals surface area (Å²) in [5, 5.41) is 11.4. The van der Waals surface area contributed by atoms with Crippen molar-refractivity contribution in [3.63, 3.8) is 0 Å². The lowest BCUT2D eigenvalue weighted by Gasteiger charge is -2.29. The molecule has 0 spiro atoms. The zero-order valence-electron chi connectivity index (χ0n) is 16.4. The molecule has 0 aliphatic heterocycles. The number of rotatable bonds is 9. The van der Waals surface area contributed by atoms with E-state index in [4.69, 9.17) is 4.74 Å². The highest BCUT2D eigenvalue weighted by Crippen LogP contribution is 2.29. The Morgan fingerprint density at radius 2 is 1.93 bits per heavy atom. The maximum Gasteiger partial charge on any atom is 0.250 e. The van der Waals surface area contributed by atoms with Gasteiger partial charge in [-0.3, -0.25) is 14.4 Å². The minimum Gasteiger partial charge on any atom is -0.497 e. The first-order chi connectivity index (χ1) is 13.2. The van der Waals surface area contributed by atoms with Crippen molar-refractivity contribution in [1.29, 1.82) is 0 Å². The number of nitrogens with zero attached hydrogens (tertiary/aromatic N) is 3. The van der Waals surface area contributed by atoms with Crippen LogP contribution < -0.4 is 14.4 Å². The molecule has 1 atom stereocenters. The number of hydrogen-bond donors (Lipinski definition) is 1. The van der Waals surface area contributed by atoms with Crippen molar-refractivity contribution in [2.24, 2.45) is 0 Å². The van der Waals surface area contributed by atoms with Gasteiger partial charge in [0.2, 0.25) is 21.1 Å². The fourth-order valence-electron chi connectivity index (χ4n) is 2.49. The monoisotopic (exact) mass is 444 g/mol. The summed E-state index contributed by atoms with van der Waals surface area (Å²) in [5.41, 5.74) is 0.388. The quantitative estimate of drug-likeness (QED) is 0.468. The van der Waals surface area contributed by atoms with Gasteiger partial charge in [0.1, 0.15) is 11.8 Å². The number of nitrogens with one attached hydrogen (secondary N) is 1. The number of thioether (sulfide) groups is 1. The summed E-state index contributed by atoms with van der Waals surface area (Å²) in [7, 11) is -2.17. The van der Waals surface area contributed by atoms with Gasteiger partial charge in [0.15, 0.2) is 4.34 Å². The lowest BCUT2D eigenvalue weighted by atomic mass is 10.2. The first-order valence-electron chi connectivity index (χ1n) is 8.60. The predicted molar refractivity (Wildman–Crippen MR) is 114 cm³/mol. The zero-order valence-corrected chi connectivity index (χ0v) is 18.8. The largest absolute Gasteiger partial charge is 0.497 e. The highest BCUT2D eigenvalue weighted by Gasteiger charge is 2.32. The Hall–Kier alpha value is -1.85. The van der Waals surface area contributed by atoms with Gasteiger partial charge in [-0.15, -0.1) is 10.2 Å². The highest BCUT2D eigenvalue weighted by molar-refractivity contribution is 8.01. The van der Waals surface area contributed by atoms with E-state index in [2.05, 4.69) is 15.5 Å². The summed E-state index contributed by atoms with van der Waals surface area (Å²) in [6.07, 6.45) is 1.37. The van der Waals surface area contributed by atoms with E-state index in [0.29, 0.717) is 21.8 Å². The van der Waals surface area contributed by atoms with E-state index in [9.17, 15) is 13.2 Å². The molecule has 2 aromatic rings. The van der Waals surface area contributed by atoms with Crippen LogP contribution in [0.15, 0.2) is 28.6 Å². The Labute approximate surface area is 173 Å². The van der Waals surface area contributed by atoms with E-state index in [1.165, 1.54) is 18.4 Å². The van der Waals surface area contributed by atoms with E-state index in [-0.39, 0.29) is 6.42 Å². The SMILES string of the molecule is CCC(C(=O)Nc1nnc(SC(C)C)s1)N(c1ccc(OC)cc1)S(C)(=O)=O. The standard InChI is InChI=1S/C17H24N4O4S3/c1-6-14(15(22)18-16-19-20-17(27-16)26-11(2)3)21(28(5,23)24)12-7-9-13(25-4)10-8-12/h7-11,14H,6H2,1-5H3,(H,18,19,22). The third kappa shape index (κ3) is 5.82. The van der Waals surface area contributed by atoms with Crippen molar-refractivity contribution >= 4 is 49.8 Å². The van der Waals surface area contributed by atoms with E-state index >= 15 is 0 Å². The number of aromatic nitrogens is 2. The van der Waals surface area contributed by atoms with Crippen molar-refractivity contribution in [2.75, 3.05) is 23.0 Å². The second-order valence-electron chi connectivity index (χ2n) is 6.21. The molecule has 1 aromatic carbocycles. The first kappa shape index (κ1) is 22.4. The maximum atomic E-state index is 12.8. The molecule has 28 heavy (non-hydrogen) atoms. The summed E-state index contributed by atoms with van der Waals surface area (Å²) < 4.78 is 31.9. The number of carbonyl (C=O) groups is 1. The van der Waals surface area contributed by atoms with E-state index in [1.807, 2.05) is 13.8 Å². The van der Waals surface area contributed by atoms with Crippen LogP contribution in [-0.4, -0.2) is 49.2 Å². The summed E-state index contributed by atoms with van der Waals surface area (Å²) in [5.74, 6) is 0.139. The number of methoxy groups -OCH3 is 1. The minimum absolute atomic E-state index is 0.289. The number of hydrogen-bond acceptors (Lipinski definition) is 8. The third-order valence-electron chi connectivity index (χ3n) is 3.63. The molecule has 0 aliphatic carbocycles. The molecule has 1 aromatic heterocycles. The molecule has 8 nitrogen and oxygen atoms in total. The van der Waals surface area contributed by atoms with Crippen molar-refractivity contribution in [2.45, 2.75) is 42.8 Å². The molecule has 1 N–H and O–H groups in total. The topological polar surface area (TPSA) is 101 Å². The molecule has 1 amide bonds. The summed E-state index contributed by atoms with van der Waals surface area (Å²) in [6, 6.07) is 5.60. The van der Waals surface area contributed by atoms with Crippen LogP contribution >= 0.6 is 23.1 Å². The number of benzene rings is 1. The van der Waals surface area contributed by atoms with Crippen LogP contribution in [0.1, 0.15) is 27.2 Å². The summed E-state index contributed by atoms with van der Waals surface area (Å²) >= 11 is 2.81. The van der Waals surface area contributed by atoms with E-state index < -0.39 is 22.0 Å². The van der Waals surface area contributed by atoms with Crippen LogP contribution in [0.4, 0.5) is 10.8 Å². The zero-order chi connectivity index (χ0) is 20.9. The van der Waals surface area contributed by atoms with Gasteiger partial charge in [0, 0.05) is 5.25 Å². The predicted octanol–water partition coefficient (Wildman–Crippen LogP) is 3.23. The Morgan fingerprint density at radius 1 is 1.29 bits per heavy atom. The molecule has 2 rings (SSSR count). The van der Waals surface area contributed by atoms with Gasteiger partial charge in [0.25, 0.3) is 0 Å². The number of carbonyl (C=O) groups excluding carboxylic acids is 1. The van der Waals surface area contributed by atoms with Gasteiger partial charge in [0.05, 0.1) is 19.1 Å². The summed E-state index contributed by atoms with van der Waals surface area (Å²) in [6.45, 7) is 5.83. The molecule has 0 saturated carbocycles. The smallest absolute Gasteiger partial charge is 0.250 e.